The maximum Gasteiger partial charge on any atom is -0.0105 e. The van der Waals surface area contributed by atoms with Crippen molar-refractivity contribution in [3.8, 4) is 22.3 Å². The van der Waals surface area contributed by atoms with Gasteiger partial charge in [-0.15, -0.1) is 0 Å². The van der Waals surface area contributed by atoms with Crippen LogP contribution in [0.25, 0.3) is 33.0 Å². The third kappa shape index (κ3) is 3.47. The van der Waals surface area contributed by atoms with Crippen LogP contribution >= 0.6 is 0 Å². The standard InChI is InChI=1S/C28H28/c1-19(2)25-17-16-24(18-28(25)20(3)4)21-12-14-23(15-13-21)27-11-7-9-22-8-5-6-10-26(22)27/h5-20H,1-4H3. The van der Waals surface area contributed by atoms with Gasteiger partial charge in [0.05, 0.1) is 0 Å². The van der Waals surface area contributed by atoms with Gasteiger partial charge in [0.15, 0.2) is 0 Å². The van der Waals surface area contributed by atoms with Crippen molar-refractivity contribution in [3.63, 3.8) is 0 Å². The van der Waals surface area contributed by atoms with E-state index in [4.69, 9.17) is 0 Å². The Kier molecular flexibility index (Phi) is 5.05. The normalized spacial score (nSPS) is 11.5. The fourth-order valence-electron chi connectivity index (χ4n) is 4.10. The van der Waals surface area contributed by atoms with Gasteiger partial charge in [-0.2, -0.15) is 0 Å². The van der Waals surface area contributed by atoms with Crippen LogP contribution in [0.3, 0.4) is 0 Å². The lowest BCUT2D eigenvalue weighted by molar-refractivity contribution is 0.791. The van der Waals surface area contributed by atoms with Gasteiger partial charge in [-0.25, -0.2) is 0 Å². The summed E-state index contributed by atoms with van der Waals surface area (Å²) in [6, 6.07) is 31.1. The largest absolute Gasteiger partial charge is 0.0616 e. The maximum absolute atomic E-state index is 2.38. The summed E-state index contributed by atoms with van der Waals surface area (Å²) >= 11 is 0. The lowest BCUT2D eigenvalue weighted by Crippen LogP contribution is -1.99. The van der Waals surface area contributed by atoms with Crippen LogP contribution < -0.4 is 0 Å². The van der Waals surface area contributed by atoms with Gasteiger partial charge >= 0.3 is 0 Å². The fraction of sp³-hybridized carbons (Fsp3) is 0.214. The van der Waals surface area contributed by atoms with Crippen molar-refractivity contribution in [2.75, 3.05) is 0 Å². The number of fused-ring (bicyclic) bond motifs is 1. The highest BCUT2D eigenvalue weighted by Crippen LogP contribution is 2.33. The van der Waals surface area contributed by atoms with Crippen LogP contribution in [-0.4, -0.2) is 0 Å². The Hall–Kier alpha value is -2.86. The Morgan fingerprint density at radius 3 is 1.82 bits per heavy atom. The van der Waals surface area contributed by atoms with Crippen molar-refractivity contribution in [1.29, 1.82) is 0 Å². The number of benzene rings is 4. The molecule has 0 nitrogen and oxygen atoms in total. The van der Waals surface area contributed by atoms with Crippen LogP contribution in [0.15, 0.2) is 84.9 Å². The molecule has 0 N–H and O–H groups in total. The molecular formula is C28H28. The minimum Gasteiger partial charge on any atom is -0.0616 e. The summed E-state index contributed by atoms with van der Waals surface area (Å²) < 4.78 is 0. The molecule has 28 heavy (non-hydrogen) atoms. The monoisotopic (exact) mass is 364 g/mol. The van der Waals surface area contributed by atoms with Crippen LogP contribution in [0.1, 0.15) is 50.7 Å². The van der Waals surface area contributed by atoms with Gasteiger partial charge in [0.2, 0.25) is 0 Å². The molecule has 4 aromatic carbocycles. The van der Waals surface area contributed by atoms with Crippen molar-refractivity contribution in [3.05, 3.63) is 96.1 Å². The smallest absolute Gasteiger partial charge is 0.0105 e. The molecule has 0 aliphatic rings. The van der Waals surface area contributed by atoms with Crippen LogP contribution in [0, 0.1) is 0 Å². The summed E-state index contributed by atoms with van der Waals surface area (Å²) in [6.07, 6.45) is 0. The van der Waals surface area contributed by atoms with Crippen molar-refractivity contribution in [2.45, 2.75) is 39.5 Å². The number of hydrogen-bond acceptors (Lipinski definition) is 0. The van der Waals surface area contributed by atoms with Gasteiger partial charge < -0.3 is 0 Å². The molecule has 0 atom stereocenters. The second kappa shape index (κ2) is 7.64. The number of rotatable bonds is 4. The maximum atomic E-state index is 2.38. The van der Waals surface area contributed by atoms with Gasteiger partial charge in [-0.1, -0.05) is 113 Å². The SMILES string of the molecule is CC(C)c1ccc(-c2ccc(-c3cccc4ccccc34)cc2)cc1C(C)C. The molecule has 0 bridgehead atoms. The molecule has 0 spiro atoms. The highest BCUT2D eigenvalue weighted by molar-refractivity contribution is 5.96. The van der Waals surface area contributed by atoms with E-state index in [1.807, 2.05) is 0 Å². The molecule has 0 fully saturated rings. The zero-order valence-corrected chi connectivity index (χ0v) is 17.2. The van der Waals surface area contributed by atoms with Crippen molar-refractivity contribution < 1.29 is 0 Å². The van der Waals surface area contributed by atoms with Gasteiger partial charge in [0, 0.05) is 0 Å². The average molecular weight is 365 g/mol. The molecule has 0 unspecified atom stereocenters. The van der Waals surface area contributed by atoms with Crippen LogP contribution in [0.2, 0.25) is 0 Å². The second-order valence-corrected chi connectivity index (χ2v) is 8.26. The third-order valence-electron chi connectivity index (χ3n) is 5.65. The molecule has 0 amide bonds. The first-order valence-electron chi connectivity index (χ1n) is 10.3. The molecule has 0 aliphatic heterocycles. The Balaban J connectivity index is 1.73. The van der Waals surface area contributed by atoms with Crippen molar-refractivity contribution in [1.82, 2.24) is 0 Å². The predicted molar refractivity (Wildman–Crippen MR) is 123 cm³/mol. The Morgan fingerprint density at radius 2 is 1.11 bits per heavy atom. The second-order valence-electron chi connectivity index (χ2n) is 8.26. The summed E-state index contributed by atoms with van der Waals surface area (Å²) in [7, 11) is 0. The first-order valence-corrected chi connectivity index (χ1v) is 10.3. The molecule has 140 valence electrons. The van der Waals surface area contributed by atoms with E-state index in [0.29, 0.717) is 11.8 Å². The topological polar surface area (TPSA) is 0 Å². The molecule has 0 saturated carbocycles. The van der Waals surface area contributed by atoms with E-state index in [9.17, 15) is 0 Å². The average Bonchev–Trinajstić information content (AvgIpc) is 2.73. The number of hydrogen-bond donors (Lipinski definition) is 0. The summed E-state index contributed by atoms with van der Waals surface area (Å²) in [4.78, 5) is 0. The van der Waals surface area contributed by atoms with E-state index in [1.54, 1.807) is 0 Å². The van der Waals surface area contributed by atoms with E-state index < -0.39 is 0 Å². The van der Waals surface area contributed by atoms with E-state index >= 15 is 0 Å². The van der Waals surface area contributed by atoms with Crippen molar-refractivity contribution >= 4 is 10.8 Å². The first-order chi connectivity index (χ1) is 13.5. The zero-order valence-electron chi connectivity index (χ0n) is 17.2. The molecule has 0 aromatic heterocycles. The van der Waals surface area contributed by atoms with Crippen LogP contribution in [0.5, 0.6) is 0 Å². The molecule has 0 saturated heterocycles. The molecule has 0 heteroatoms. The minimum absolute atomic E-state index is 0.535. The molecule has 0 radical (unpaired) electrons. The van der Waals surface area contributed by atoms with Crippen molar-refractivity contribution in [2.24, 2.45) is 0 Å². The minimum atomic E-state index is 0.535. The predicted octanol–water partition coefficient (Wildman–Crippen LogP) is 8.42. The first kappa shape index (κ1) is 18.5. The van der Waals surface area contributed by atoms with E-state index in [2.05, 4.69) is 113 Å². The van der Waals surface area contributed by atoms with Gasteiger partial charge in [-0.05, 0) is 56.0 Å². The lowest BCUT2D eigenvalue weighted by atomic mass is 9.87. The van der Waals surface area contributed by atoms with Gasteiger partial charge in [0.1, 0.15) is 0 Å². The highest BCUT2D eigenvalue weighted by Gasteiger charge is 2.12. The van der Waals surface area contributed by atoms with E-state index in [-0.39, 0.29) is 0 Å². The Labute approximate surface area is 168 Å². The van der Waals surface area contributed by atoms with Gasteiger partial charge in [0.25, 0.3) is 0 Å². The Bertz CT molecular complexity index is 1090. The summed E-state index contributed by atoms with van der Waals surface area (Å²) in [5.74, 6) is 1.09. The molecule has 0 heterocycles. The van der Waals surface area contributed by atoms with E-state index in [1.165, 1.54) is 44.2 Å². The molecule has 4 aromatic rings. The quantitative estimate of drug-likeness (QED) is 0.341. The summed E-state index contributed by atoms with van der Waals surface area (Å²) in [5, 5.41) is 2.59. The molecule has 4 rings (SSSR count). The zero-order chi connectivity index (χ0) is 19.7. The molecular weight excluding hydrogens is 336 g/mol. The highest BCUT2D eigenvalue weighted by atomic mass is 14.2. The summed E-state index contributed by atoms with van der Waals surface area (Å²) in [6.45, 7) is 9.13. The van der Waals surface area contributed by atoms with Crippen LogP contribution in [0.4, 0.5) is 0 Å². The van der Waals surface area contributed by atoms with Gasteiger partial charge in [-0.3, -0.25) is 0 Å². The lowest BCUT2D eigenvalue weighted by Gasteiger charge is -2.17. The fourth-order valence-corrected chi connectivity index (χ4v) is 4.10. The summed E-state index contributed by atoms with van der Waals surface area (Å²) in [5.41, 5.74) is 8.07. The Morgan fingerprint density at radius 1 is 0.500 bits per heavy atom. The molecule has 0 aliphatic carbocycles. The third-order valence-corrected chi connectivity index (χ3v) is 5.65. The van der Waals surface area contributed by atoms with Crippen LogP contribution in [-0.2, 0) is 0 Å². The van der Waals surface area contributed by atoms with E-state index in [0.717, 1.165) is 0 Å².